The molecule has 1 saturated heterocycles. The summed E-state index contributed by atoms with van der Waals surface area (Å²) in [4.78, 5) is 14.0. The molecule has 0 saturated carbocycles. The predicted octanol–water partition coefficient (Wildman–Crippen LogP) is 1.77. The monoisotopic (exact) mass is 340 g/mol. The van der Waals surface area contributed by atoms with Gasteiger partial charge in [0.2, 0.25) is 15.9 Å². The van der Waals surface area contributed by atoms with Gasteiger partial charge in [0, 0.05) is 30.8 Å². The minimum absolute atomic E-state index is 0.170. The number of hydrogen-bond acceptors (Lipinski definition) is 3. The average Bonchev–Trinajstić information content (AvgIpc) is 2.51. The van der Waals surface area contributed by atoms with E-state index < -0.39 is 10.0 Å². The summed E-state index contributed by atoms with van der Waals surface area (Å²) >= 11 is 0. The average molecular weight is 340 g/mol. The first-order chi connectivity index (χ1) is 10.9. The molecule has 1 aromatic rings. The Balaban J connectivity index is 2.04. The number of piperidine rings is 1. The second-order valence-corrected chi connectivity index (χ2v) is 7.49. The van der Waals surface area contributed by atoms with Gasteiger partial charge in [-0.1, -0.05) is 18.2 Å². The van der Waals surface area contributed by atoms with Gasteiger partial charge in [-0.15, -0.1) is 0 Å². The molecule has 0 aromatic heterocycles. The van der Waals surface area contributed by atoms with E-state index in [0.717, 1.165) is 25.5 Å². The number of benzene rings is 1. The highest BCUT2D eigenvalue weighted by Crippen LogP contribution is 2.18. The molecule has 126 valence electrons. The van der Waals surface area contributed by atoms with E-state index in [0.29, 0.717) is 12.1 Å². The van der Waals surface area contributed by atoms with Gasteiger partial charge in [-0.05, 0) is 31.4 Å². The first-order valence-electron chi connectivity index (χ1n) is 7.54. The Morgan fingerprint density at radius 2 is 2.13 bits per heavy atom. The van der Waals surface area contributed by atoms with E-state index in [1.807, 2.05) is 0 Å². The molecule has 1 amide bonds. The molecule has 7 heteroatoms. The maximum absolute atomic E-state index is 13.6. The molecule has 1 heterocycles. The Morgan fingerprint density at radius 1 is 1.39 bits per heavy atom. The molecule has 0 aliphatic carbocycles. The van der Waals surface area contributed by atoms with Crippen LogP contribution in [-0.2, 0) is 14.8 Å². The molecule has 5 nitrogen and oxygen atoms in total. The number of carbonyl (C=O) groups is 1. The molecular weight excluding hydrogens is 319 g/mol. The lowest BCUT2D eigenvalue weighted by atomic mass is 10.0. The molecule has 1 aromatic carbocycles. The van der Waals surface area contributed by atoms with Gasteiger partial charge in [-0.25, -0.2) is 17.5 Å². The highest BCUT2D eigenvalue weighted by Gasteiger charge is 2.25. The van der Waals surface area contributed by atoms with E-state index in [2.05, 4.69) is 4.72 Å². The number of nitrogens with zero attached hydrogens (tertiary/aromatic N) is 1. The predicted molar refractivity (Wildman–Crippen MR) is 87.6 cm³/mol. The Morgan fingerprint density at radius 3 is 2.83 bits per heavy atom. The fraction of sp³-hybridized carbons (Fsp3) is 0.438. The van der Waals surface area contributed by atoms with Gasteiger partial charge in [-0.3, -0.25) is 4.79 Å². The van der Waals surface area contributed by atoms with E-state index in [4.69, 9.17) is 0 Å². The summed E-state index contributed by atoms with van der Waals surface area (Å²) in [6.45, 7) is 0.786. The number of carbonyl (C=O) groups excluding carboxylic acids is 1. The van der Waals surface area contributed by atoms with Crippen molar-refractivity contribution in [1.82, 2.24) is 9.62 Å². The number of halogens is 1. The van der Waals surface area contributed by atoms with E-state index in [9.17, 15) is 17.6 Å². The summed E-state index contributed by atoms with van der Waals surface area (Å²) in [5.41, 5.74) is 0.351. The van der Waals surface area contributed by atoms with E-state index in [1.165, 1.54) is 18.2 Å². The smallest absolute Gasteiger partial charge is 0.246 e. The largest absolute Gasteiger partial charge is 0.335 e. The maximum Gasteiger partial charge on any atom is 0.246 e. The lowest BCUT2D eigenvalue weighted by Crippen LogP contribution is -2.48. The van der Waals surface area contributed by atoms with Crippen LogP contribution in [0, 0.1) is 5.82 Å². The molecular formula is C16H21FN2O3S. The van der Waals surface area contributed by atoms with Gasteiger partial charge >= 0.3 is 0 Å². The van der Waals surface area contributed by atoms with Gasteiger partial charge in [0.15, 0.2) is 0 Å². The number of likely N-dealkylation sites (tertiary alicyclic amines) is 1. The molecule has 0 spiro atoms. The molecule has 1 aliphatic heterocycles. The summed E-state index contributed by atoms with van der Waals surface area (Å²) in [5, 5.41) is 0. The summed E-state index contributed by atoms with van der Waals surface area (Å²) < 4.78 is 38.5. The van der Waals surface area contributed by atoms with Crippen LogP contribution in [0.15, 0.2) is 30.3 Å². The van der Waals surface area contributed by atoms with E-state index >= 15 is 0 Å². The number of amides is 1. The van der Waals surface area contributed by atoms with Crippen LogP contribution in [0.4, 0.5) is 4.39 Å². The lowest BCUT2D eigenvalue weighted by molar-refractivity contribution is -0.129. The molecule has 1 fully saturated rings. The van der Waals surface area contributed by atoms with Crippen LogP contribution in [0.1, 0.15) is 24.8 Å². The lowest BCUT2D eigenvalue weighted by Gasteiger charge is -2.35. The van der Waals surface area contributed by atoms with E-state index in [1.54, 1.807) is 23.1 Å². The first kappa shape index (κ1) is 17.6. The summed E-state index contributed by atoms with van der Waals surface area (Å²) in [6, 6.07) is 6.05. The second-order valence-electron chi connectivity index (χ2n) is 5.66. The Labute approximate surface area is 136 Å². The van der Waals surface area contributed by atoms with Gasteiger partial charge < -0.3 is 4.90 Å². The van der Waals surface area contributed by atoms with Crippen LogP contribution in [-0.4, -0.2) is 44.6 Å². The Kier molecular flexibility index (Phi) is 5.90. The molecule has 0 bridgehead atoms. The van der Waals surface area contributed by atoms with Gasteiger partial charge in [0.1, 0.15) is 5.82 Å². The van der Waals surface area contributed by atoms with Crippen molar-refractivity contribution in [1.29, 1.82) is 0 Å². The fourth-order valence-electron chi connectivity index (χ4n) is 2.62. The zero-order valence-corrected chi connectivity index (χ0v) is 13.9. The molecule has 0 radical (unpaired) electrons. The molecule has 1 atom stereocenters. The van der Waals surface area contributed by atoms with Crippen molar-refractivity contribution in [3.05, 3.63) is 41.7 Å². The van der Waals surface area contributed by atoms with Crippen molar-refractivity contribution in [2.45, 2.75) is 25.3 Å². The van der Waals surface area contributed by atoms with Crippen molar-refractivity contribution in [3.63, 3.8) is 0 Å². The Hall–Kier alpha value is -1.73. The Bertz CT molecular complexity index is 688. The number of nitrogens with one attached hydrogen (secondary N) is 1. The highest BCUT2D eigenvalue weighted by atomic mass is 32.2. The van der Waals surface area contributed by atoms with Crippen LogP contribution < -0.4 is 4.72 Å². The molecule has 1 N–H and O–H groups in total. The van der Waals surface area contributed by atoms with Crippen molar-refractivity contribution >= 4 is 22.0 Å². The molecule has 2 rings (SSSR count). The third kappa shape index (κ3) is 5.44. The van der Waals surface area contributed by atoms with Crippen LogP contribution in [0.3, 0.4) is 0 Å². The number of sulfonamides is 1. The normalized spacial score (nSPS) is 19.2. The summed E-state index contributed by atoms with van der Waals surface area (Å²) in [5.74, 6) is -0.612. The minimum Gasteiger partial charge on any atom is -0.335 e. The van der Waals surface area contributed by atoms with Crippen LogP contribution in [0.5, 0.6) is 0 Å². The quantitative estimate of drug-likeness (QED) is 0.831. The molecule has 1 aliphatic rings. The van der Waals surface area contributed by atoms with Crippen molar-refractivity contribution in [2.24, 2.45) is 0 Å². The van der Waals surface area contributed by atoms with Crippen molar-refractivity contribution in [3.8, 4) is 0 Å². The third-order valence-corrected chi connectivity index (χ3v) is 4.49. The molecule has 1 unspecified atom stereocenters. The minimum atomic E-state index is -3.29. The number of hydrogen-bond donors (Lipinski definition) is 1. The molecule has 23 heavy (non-hydrogen) atoms. The zero-order valence-electron chi connectivity index (χ0n) is 13.0. The topological polar surface area (TPSA) is 66.5 Å². The van der Waals surface area contributed by atoms with Crippen molar-refractivity contribution < 1.29 is 17.6 Å². The van der Waals surface area contributed by atoms with Crippen LogP contribution in [0.2, 0.25) is 0 Å². The second kappa shape index (κ2) is 7.70. The third-order valence-electron chi connectivity index (χ3n) is 3.80. The number of rotatable bonds is 5. The standard InChI is InChI=1S/C16H21FN2O3S/c1-23(21,22)18-12-14-7-4-5-11-19(14)16(20)10-9-13-6-2-3-8-15(13)17/h2-3,6,8-10,14,18H,4-5,7,11-12H2,1H3/b10-9+. The van der Waals surface area contributed by atoms with Crippen LogP contribution >= 0.6 is 0 Å². The summed E-state index contributed by atoms with van der Waals surface area (Å²) in [7, 11) is -3.29. The van der Waals surface area contributed by atoms with Crippen molar-refractivity contribution in [2.75, 3.05) is 19.3 Å². The highest BCUT2D eigenvalue weighted by molar-refractivity contribution is 7.88. The van der Waals surface area contributed by atoms with Gasteiger partial charge in [0.05, 0.1) is 6.26 Å². The first-order valence-corrected chi connectivity index (χ1v) is 9.44. The maximum atomic E-state index is 13.6. The fourth-order valence-corrected chi connectivity index (χ4v) is 3.11. The van der Waals surface area contributed by atoms with Crippen LogP contribution in [0.25, 0.3) is 6.08 Å². The van der Waals surface area contributed by atoms with Gasteiger partial charge in [-0.2, -0.15) is 0 Å². The zero-order chi connectivity index (χ0) is 16.9. The van der Waals surface area contributed by atoms with Gasteiger partial charge in [0.25, 0.3) is 0 Å². The SMILES string of the molecule is CS(=O)(=O)NCC1CCCCN1C(=O)/C=C/c1ccccc1F. The van der Waals surface area contributed by atoms with E-state index in [-0.39, 0.29) is 24.3 Å². The summed E-state index contributed by atoms with van der Waals surface area (Å²) in [6.07, 6.45) is 6.48.